The Hall–Kier alpha value is -4.72. The minimum absolute atomic E-state index is 0.000147. The van der Waals surface area contributed by atoms with Crippen LogP contribution < -0.4 is 14.8 Å². The van der Waals surface area contributed by atoms with Gasteiger partial charge in [0, 0.05) is 18.8 Å². The second-order valence-corrected chi connectivity index (χ2v) is 10.1. The Morgan fingerprint density at radius 3 is 1.93 bits per heavy atom. The number of amidine groups is 1. The molecule has 0 atom stereocenters. The molecule has 0 spiro atoms. The summed E-state index contributed by atoms with van der Waals surface area (Å²) in [6.07, 6.45) is 0. The molecule has 0 aromatic heterocycles. The van der Waals surface area contributed by atoms with E-state index in [-0.39, 0.29) is 30.3 Å². The number of morpholine rings is 1. The highest BCUT2D eigenvalue weighted by Crippen LogP contribution is 2.34. The molecule has 0 unspecified atom stereocenters. The summed E-state index contributed by atoms with van der Waals surface area (Å²) in [5, 5.41) is 23.4. The van der Waals surface area contributed by atoms with Gasteiger partial charge in [-0.2, -0.15) is 5.01 Å². The van der Waals surface area contributed by atoms with Crippen LogP contribution in [0.5, 0.6) is 0 Å². The van der Waals surface area contributed by atoms with Crippen molar-refractivity contribution in [1.29, 1.82) is 0 Å². The number of nitrogens with zero attached hydrogens (tertiary/aromatic N) is 5. The molecule has 3 aromatic rings. The lowest BCUT2D eigenvalue weighted by atomic mass is 9.96. The summed E-state index contributed by atoms with van der Waals surface area (Å²) in [5.41, 5.74) is 4.75. The average Bonchev–Trinajstić information content (AvgIpc) is 3.38. The Balaban J connectivity index is 1.40. The van der Waals surface area contributed by atoms with E-state index in [1.165, 1.54) is 9.91 Å². The number of amides is 2. The fraction of sp³-hybridized carbons (Fsp3) is 0.226. The van der Waals surface area contributed by atoms with Crippen LogP contribution in [0.1, 0.15) is 18.1 Å². The number of rotatable bonds is 8. The van der Waals surface area contributed by atoms with Crippen molar-refractivity contribution in [3.05, 3.63) is 95.1 Å². The molecule has 1 saturated heterocycles. The number of anilines is 3. The van der Waals surface area contributed by atoms with Crippen LogP contribution in [0.4, 0.5) is 22.7 Å². The van der Waals surface area contributed by atoms with Gasteiger partial charge in [0.2, 0.25) is 0 Å². The first kappa shape index (κ1) is 28.4. The summed E-state index contributed by atoms with van der Waals surface area (Å²) >= 11 is 0. The number of hydrazone groups is 1. The van der Waals surface area contributed by atoms with Crippen LogP contribution >= 0.6 is 0 Å². The molecule has 0 saturated carbocycles. The van der Waals surface area contributed by atoms with Crippen LogP contribution in [-0.4, -0.2) is 60.2 Å². The fourth-order valence-electron chi connectivity index (χ4n) is 5.22. The lowest BCUT2D eigenvalue weighted by Gasteiger charge is -2.29. The summed E-state index contributed by atoms with van der Waals surface area (Å²) in [4.78, 5) is 44.7. The fourth-order valence-corrected chi connectivity index (χ4v) is 5.22. The number of hydrogen-bond acceptors (Lipinski definition) is 10. The number of ether oxygens (including phenoxy) is 1. The molecule has 0 bridgehead atoms. The van der Waals surface area contributed by atoms with Crippen molar-refractivity contribution in [2.75, 3.05) is 41.1 Å². The van der Waals surface area contributed by atoms with Gasteiger partial charge in [-0.05, 0) is 72.2 Å². The monoisotopic (exact) mass is 583 g/mol. The standard InChI is InChI=1S/C31H29N5O7/c1-20-27-29(33-36(30(27)37)26-10-4-22(5-11-26)19-43-40)35(25-8-2-21(3-9-25)18-42-39)31(38)28(20)32-23-6-12-24(13-7-23)34-14-16-41-17-15-34/h2-13,39-40H,14-19H2,1H3. The second-order valence-electron chi connectivity index (χ2n) is 10.1. The molecule has 0 radical (unpaired) electrons. The van der Waals surface area contributed by atoms with Crippen LogP contribution in [0.25, 0.3) is 0 Å². The second kappa shape index (κ2) is 12.3. The molecular formula is C31H29N5O7. The van der Waals surface area contributed by atoms with E-state index >= 15 is 0 Å². The largest absolute Gasteiger partial charge is 0.378 e. The predicted octanol–water partition coefficient (Wildman–Crippen LogP) is 4.30. The van der Waals surface area contributed by atoms with Gasteiger partial charge >= 0.3 is 0 Å². The number of fused-ring (bicyclic) bond motifs is 1. The van der Waals surface area contributed by atoms with Crippen LogP contribution in [0.3, 0.4) is 0 Å². The van der Waals surface area contributed by atoms with Crippen molar-refractivity contribution >= 4 is 46.1 Å². The van der Waals surface area contributed by atoms with Gasteiger partial charge < -0.3 is 9.64 Å². The molecule has 1 fully saturated rings. The van der Waals surface area contributed by atoms with Gasteiger partial charge in [-0.15, -0.1) is 5.10 Å². The lowest BCUT2D eigenvalue weighted by Crippen LogP contribution is -2.47. The SMILES string of the molecule is CC1=C2C(=O)N(c3ccc(COO)cc3)N=C2N(c2ccc(COO)cc2)C(=O)C1=Nc1ccc(N2CCOCC2)cc1. The van der Waals surface area contributed by atoms with Crippen LogP contribution in [-0.2, 0) is 37.3 Å². The first-order valence-electron chi connectivity index (χ1n) is 13.7. The number of hydrogen-bond donors (Lipinski definition) is 2. The molecule has 43 heavy (non-hydrogen) atoms. The molecule has 3 aromatic carbocycles. The Bertz CT molecular complexity index is 1610. The maximum Gasteiger partial charge on any atom is 0.283 e. The molecule has 3 aliphatic rings. The highest BCUT2D eigenvalue weighted by molar-refractivity contribution is 6.61. The van der Waals surface area contributed by atoms with E-state index in [4.69, 9.17) is 20.2 Å². The maximum absolute atomic E-state index is 14.1. The van der Waals surface area contributed by atoms with E-state index in [1.54, 1.807) is 55.5 Å². The minimum atomic E-state index is -0.437. The van der Waals surface area contributed by atoms with Crippen LogP contribution in [0.2, 0.25) is 0 Å². The third kappa shape index (κ3) is 5.57. The quantitative estimate of drug-likeness (QED) is 0.296. The zero-order chi connectivity index (χ0) is 29.9. The predicted molar refractivity (Wildman–Crippen MR) is 159 cm³/mol. The lowest BCUT2D eigenvalue weighted by molar-refractivity contribution is -0.253. The van der Waals surface area contributed by atoms with E-state index in [0.29, 0.717) is 47.0 Å². The third-order valence-corrected chi connectivity index (χ3v) is 7.48. The van der Waals surface area contributed by atoms with E-state index in [2.05, 4.69) is 19.8 Å². The van der Waals surface area contributed by atoms with E-state index < -0.39 is 11.8 Å². The highest BCUT2D eigenvalue weighted by Gasteiger charge is 2.45. The van der Waals surface area contributed by atoms with E-state index in [1.807, 2.05) is 24.3 Å². The van der Waals surface area contributed by atoms with Crippen molar-refractivity contribution in [2.24, 2.45) is 10.1 Å². The maximum atomic E-state index is 14.1. The normalized spacial score (nSPS) is 18.1. The molecule has 220 valence electrons. The highest BCUT2D eigenvalue weighted by atomic mass is 17.1. The van der Waals surface area contributed by atoms with Gasteiger partial charge in [0.15, 0.2) is 5.84 Å². The summed E-state index contributed by atoms with van der Waals surface area (Å²) < 4.78 is 5.45. The number of aliphatic imine (C=N–C) groups is 1. The topological polar surface area (TPSA) is 137 Å². The Kier molecular flexibility index (Phi) is 8.09. The van der Waals surface area contributed by atoms with Crippen molar-refractivity contribution in [3.8, 4) is 0 Å². The number of carbonyl (C=O) groups is 2. The first-order valence-corrected chi connectivity index (χ1v) is 13.7. The third-order valence-electron chi connectivity index (χ3n) is 7.48. The molecule has 12 nitrogen and oxygen atoms in total. The molecule has 6 rings (SSSR count). The Labute approximate surface area is 247 Å². The number of carbonyl (C=O) groups excluding carboxylic acids is 2. The molecular weight excluding hydrogens is 554 g/mol. The van der Waals surface area contributed by atoms with E-state index in [0.717, 1.165) is 18.8 Å². The molecule has 3 heterocycles. The summed E-state index contributed by atoms with van der Waals surface area (Å²) in [7, 11) is 0. The van der Waals surface area contributed by atoms with Gasteiger partial charge in [0.25, 0.3) is 11.8 Å². The van der Waals surface area contributed by atoms with Crippen LogP contribution in [0.15, 0.2) is 94.0 Å². The van der Waals surface area contributed by atoms with Crippen molar-refractivity contribution in [3.63, 3.8) is 0 Å². The van der Waals surface area contributed by atoms with Crippen LogP contribution in [0, 0.1) is 0 Å². The van der Waals surface area contributed by atoms with Crippen molar-refractivity contribution in [2.45, 2.75) is 20.1 Å². The summed E-state index contributed by atoms with van der Waals surface area (Å²) in [6, 6.07) is 21.2. The zero-order valence-corrected chi connectivity index (χ0v) is 23.3. The van der Waals surface area contributed by atoms with Gasteiger partial charge in [-0.3, -0.25) is 25.0 Å². The van der Waals surface area contributed by atoms with Gasteiger partial charge in [-0.25, -0.2) is 14.8 Å². The zero-order valence-electron chi connectivity index (χ0n) is 23.3. The first-order chi connectivity index (χ1) is 21.0. The smallest absolute Gasteiger partial charge is 0.283 e. The van der Waals surface area contributed by atoms with Gasteiger partial charge in [0.05, 0.1) is 35.8 Å². The Morgan fingerprint density at radius 2 is 1.35 bits per heavy atom. The minimum Gasteiger partial charge on any atom is -0.378 e. The van der Waals surface area contributed by atoms with Gasteiger partial charge in [0.1, 0.15) is 18.9 Å². The van der Waals surface area contributed by atoms with Gasteiger partial charge in [-0.1, -0.05) is 24.3 Å². The Morgan fingerprint density at radius 1 is 0.791 bits per heavy atom. The van der Waals surface area contributed by atoms with E-state index in [9.17, 15) is 9.59 Å². The molecule has 2 N–H and O–H groups in total. The molecule has 3 aliphatic heterocycles. The molecule has 0 aliphatic carbocycles. The number of benzene rings is 3. The summed E-state index contributed by atoms with van der Waals surface area (Å²) in [6.45, 7) is 4.63. The molecule has 2 amide bonds. The van der Waals surface area contributed by atoms with Crippen molar-refractivity contribution < 1.29 is 34.6 Å². The average molecular weight is 584 g/mol. The van der Waals surface area contributed by atoms with Crippen molar-refractivity contribution in [1.82, 2.24) is 0 Å². The summed E-state index contributed by atoms with van der Waals surface area (Å²) in [5.74, 6) is -0.659. The molecule has 12 heteroatoms.